The Morgan fingerprint density at radius 1 is 1.35 bits per heavy atom. The van der Waals surface area contributed by atoms with E-state index in [0.717, 1.165) is 23.6 Å². The van der Waals surface area contributed by atoms with Gasteiger partial charge in [-0.05, 0) is 37.6 Å². The highest BCUT2D eigenvalue weighted by Gasteiger charge is 2.07. The molecule has 0 fully saturated rings. The molecule has 0 aliphatic carbocycles. The van der Waals surface area contributed by atoms with Crippen LogP contribution < -0.4 is 5.32 Å². The molecule has 0 spiro atoms. The lowest BCUT2D eigenvalue weighted by Gasteiger charge is -2.14. The average molecular weight is 322 g/mol. The van der Waals surface area contributed by atoms with Crippen molar-refractivity contribution >= 4 is 11.3 Å². The number of nitriles is 1. The van der Waals surface area contributed by atoms with Crippen LogP contribution in [-0.2, 0) is 6.54 Å². The maximum Gasteiger partial charge on any atom is 0.110 e. The Morgan fingerprint density at radius 3 is 2.74 bits per heavy atom. The number of hydrogen-bond acceptors (Lipinski definition) is 4. The van der Waals surface area contributed by atoms with Crippen LogP contribution in [0.1, 0.15) is 34.8 Å². The number of aryl methyl sites for hydroxylation is 1. The quantitative estimate of drug-likeness (QED) is 0.773. The predicted molar refractivity (Wildman–Crippen MR) is 92.6 cm³/mol. The summed E-state index contributed by atoms with van der Waals surface area (Å²) in [4.78, 5) is 5.43. The highest BCUT2D eigenvalue weighted by atomic mass is 32.1. The van der Waals surface area contributed by atoms with Crippen LogP contribution in [0.5, 0.6) is 0 Å². The number of thiophene rings is 1. The summed E-state index contributed by atoms with van der Waals surface area (Å²) in [5.41, 5.74) is 3.09. The van der Waals surface area contributed by atoms with E-state index in [1.54, 1.807) is 11.3 Å². The molecule has 23 heavy (non-hydrogen) atoms. The average Bonchev–Trinajstić information content (AvgIpc) is 3.21. The van der Waals surface area contributed by atoms with Gasteiger partial charge < -0.3 is 9.88 Å². The first kappa shape index (κ1) is 15.5. The molecule has 0 saturated heterocycles. The fourth-order valence-corrected chi connectivity index (χ4v) is 3.24. The Bertz CT molecular complexity index is 823. The Morgan fingerprint density at radius 2 is 2.13 bits per heavy atom. The molecule has 0 aliphatic rings. The number of aromatic nitrogens is 2. The molecule has 0 saturated carbocycles. The Hall–Kier alpha value is -2.42. The van der Waals surface area contributed by atoms with E-state index in [9.17, 15) is 0 Å². The van der Waals surface area contributed by atoms with Crippen molar-refractivity contribution in [2.24, 2.45) is 0 Å². The normalized spacial score (nSPS) is 12.0. The Kier molecular flexibility index (Phi) is 4.56. The van der Waals surface area contributed by atoms with Crippen molar-refractivity contribution in [1.29, 1.82) is 5.26 Å². The van der Waals surface area contributed by atoms with Gasteiger partial charge in [0.15, 0.2) is 0 Å². The zero-order chi connectivity index (χ0) is 16.2. The lowest BCUT2D eigenvalue weighted by molar-refractivity contribution is 0.579. The molecule has 1 aromatic carbocycles. The highest BCUT2D eigenvalue weighted by Crippen LogP contribution is 2.19. The SMILES string of the molecule is Cc1nccn1-c1ccc([C@@H](C)NCc2cc(C#N)cs2)cc1. The van der Waals surface area contributed by atoms with Crippen LogP contribution in [0.3, 0.4) is 0 Å². The van der Waals surface area contributed by atoms with Crippen LogP contribution in [0.15, 0.2) is 48.1 Å². The van der Waals surface area contributed by atoms with Crippen LogP contribution >= 0.6 is 11.3 Å². The van der Waals surface area contributed by atoms with Crippen LogP contribution in [0, 0.1) is 18.3 Å². The van der Waals surface area contributed by atoms with Gasteiger partial charge in [-0.25, -0.2) is 4.98 Å². The number of nitrogens with one attached hydrogen (secondary N) is 1. The van der Waals surface area contributed by atoms with Crippen molar-refractivity contribution in [2.75, 3.05) is 0 Å². The zero-order valence-electron chi connectivity index (χ0n) is 13.2. The van der Waals surface area contributed by atoms with E-state index < -0.39 is 0 Å². The van der Waals surface area contributed by atoms with E-state index in [-0.39, 0.29) is 6.04 Å². The summed E-state index contributed by atoms with van der Waals surface area (Å²) in [5.74, 6) is 0.981. The molecule has 0 aliphatic heterocycles. The van der Waals surface area contributed by atoms with Crippen molar-refractivity contribution in [1.82, 2.24) is 14.9 Å². The monoisotopic (exact) mass is 322 g/mol. The maximum absolute atomic E-state index is 8.86. The Labute approximate surface area is 140 Å². The summed E-state index contributed by atoms with van der Waals surface area (Å²) in [6, 6.07) is 12.9. The van der Waals surface area contributed by atoms with E-state index in [1.165, 1.54) is 10.4 Å². The van der Waals surface area contributed by atoms with E-state index in [2.05, 4.69) is 52.1 Å². The highest BCUT2D eigenvalue weighted by molar-refractivity contribution is 7.10. The van der Waals surface area contributed by atoms with Crippen molar-refractivity contribution in [3.05, 3.63) is 69.9 Å². The van der Waals surface area contributed by atoms with E-state index in [0.29, 0.717) is 0 Å². The number of rotatable bonds is 5. The third-order valence-corrected chi connectivity index (χ3v) is 4.80. The molecular weight excluding hydrogens is 304 g/mol. The van der Waals surface area contributed by atoms with Crippen LogP contribution in [0.2, 0.25) is 0 Å². The van der Waals surface area contributed by atoms with E-state index in [1.807, 2.05) is 30.8 Å². The van der Waals surface area contributed by atoms with Crippen molar-refractivity contribution in [3.8, 4) is 11.8 Å². The second-order valence-electron chi connectivity index (χ2n) is 5.45. The molecule has 116 valence electrons. The van der Waals surface area contributed by atoms with Crippen LogP contribution in [0.4, 0.5) is 0 Å². The van der Waals surface area contributed by atoms with E-state index in [4.69, 9.17) is 5.26 Å². The predicted octanol–water partition coefficient (Wildman–Crippen LogP) is 3.96. The smallest absolute Gasteiger partial charge is 0.110 e. The minimum atomic E-state index is 0.251. The topological polar surface area (TPSA) is 53.6 Å². The summed E-state index contributed by atoms with van der Waals surface area (Å²) >= 11 is 1.62. The van der Waals surface area contributed by atoms with Gasteiger partial charge in [0.2, 0.25) is 0 Å². The fraction of sp³-hybridized carbons (Fsp3) is 0.222. The van der Waals surface area contributed by atoms with Gasteiger partial charge in [0, 0.05) is 40.9 Å². The summed E-state index contributed by atoms with van der Waals surface area (Å²) in [6.07, 6.45) is 3.78. The molecule has 0 radical (unpaired) electrons. The van der Waals surface area contributed by atoms with Crippen molar-refractivity contribution < 1.29 is 0 Å². The second kappa shape index (κ2) is 6.78. The number of imidazole rings is 1. The first-order valence-corrected chi connectivity index (χ1v) is 8.36. The number of nitrogens with zero attached hydrogens (tertiary/aromatic N) is 3. The second-order valence-corrected chi connectivity index (χ2v) is 6.45. The molecule has 3 aromatic rings. The van der Waals surface area contributed by atoms with Crippen LogP contribution in [0.25, 0.3) is 5.69 Å². The standard InChI is InChI=1S/C18H18N4S/c1-13(21-11-18-9-15(10-19)12-23-18)16-3-5-17(6-4-16)22-8-7-20-14(22)2/h3-9,12-13,21H,11H2,1-2H3/t13-/m1/s1. The van der Waals surface area contributed by atoms with Crippen LogP contribution in [-0.4, -0.2) is 9.55 Å². The van der Waals surface area contributed by atoms with Gasteiger partial charge in [-0.1, -0.05) is 12.1 Å². The molecule has 0 unspecified atom stereocenters. The molecule has 0 amide bonds. The largest absolute Gasteiger partial charge is 0.305 e. The fourth-order valence-electron chi connectivity index (χ4n) is 2.48. The molecule has 2 aromatic heterocycles. The molecule has 1 atom stereocenters. The van der Waals surface area contributed by atoms with Gasteiger partial charge in [0.05, 0.1) is 5.56 Å². The van der Waals surface area contributed by atoms with E-state index >= 15 is 0 Å². The minimum absolute atomic E-state index is 0.251. The summed E-state index contributed by atoms with van der Waals surface area (Å²) in [5, 5.41) is 14.3. The zero-order valence-corrected chi connectivity index (χ0v) is 14.0. The Balaban J connectivity index is 1.65. The maximum atomic E-state index is 8.86. The number of hydrogen-bond donors (Lipinski definition) is 1. The molecule has 3 rings (SSSR count). The third-order valence-electron chi connectivity index (χ3n) is 3.86. The minimum Gasteiger partial charge on any atom is -0.305 e. The third kappa shape index (κ3) is 3.50. The van der Waals surface area contributed by atoms with Crippen molar-refractivity contribution in [3.63, 3.8) is 0 Å². The molecule has 0 bridgehead atoms. The first-order valence-electron chi connectivity index (χ1n) is 7.48. The molecular formula is C18H18N4S. The van der Waals surface area contributed by atoms with Gasteiger partial charge in [-0.15, -0.1) is 11.3 Å². The van der Waals surface area contributed by atoms with Gasteiger partial charge in [0.25, 0.3) is 0 Å². The number of benzene rings is 1. The lowest BCUT2D eigenvalue weighted by atomic mass is 10.1. The summed E-state index contributed by atoms with van der Waals surface area (Å²) < 4.78 is 2.07. The van der Waals surface area contributed by atoms with Gasteiger partial charge in [-0.2, -0.15) is 5.26 Å². The molecule has 1 N–H and O–H groups in total. The lowest BCUT2D eigenvalue weighted by Crippen LogP contribution is -2.17. The van der Waals surface area contributed by atoms with Gasteiger partial charge in [0.1, 0.15) is 11.9 Å². The molecule has 4 nitrogen and oxygen atoms in total. The van der Waals surface area contributed by atoms with Crippen molar-refractivity contribution in [2.45, 2.75) is 26.4 Å². The van der Waals surface area contributed by atoms with Gasteiger partial charge >= 0.3 is 0 Å². The van der Waals surface area contributed by atoms with Gasteiger partial charge in [-0.3, -0.25) is 0 Å². The molecule has 2 heterocycles. The summed E-state index contributed by atoms with van der Waals surface area (Å²) in [6.45, 7) is 4.92. The first-order chi connectivity index (χ1) is 11.2. The molecule has 5 heteroatoms. The summed E-state index contributed by atoms with van der Waals surface area (Å²) in [7, 11) is 0.